The molecule has 0 aliphatic carbocycles. The Balaban J connectivity index is 1.58. The number of aryl methyl sites for hydroxylation is 1. The average molecular weight is 385 g/mol. The van der Waals surface area contributed by atoms with Gasteiger partial charge in [0.2, 0.25) is 5.76 Å². The zero-order valence-corrected chi connectivity index (χ0v) is 15.7. The van der Waals surface area contributed by atoms with Gasteiger partial charge in [0.05, 0.1) is 23.3 Å². The molecule has 4 aromatic rings. The predicted molar refractivity (Wildman–Crippen MR) is 109 cm³/mol. The maximum atomic E-state index is 13.3. The number of rotatable bonds is 5. The van der Waals surface area contributed by atoms with Crippen LogP contribution in [0.4, 0.5) is 0 Å². The number of hydrogen-bond acceptors (Lipinski definition) is 4. The molecule has 6 nitrogen and oxygen atoms in total. The lowest BCUT2D eigenvalue weighted by Crippen LogP contribution is -2.31. The summed E-state index contributed by atoms with van der Waals surface area (Å²) in [7, 11) is 0. The number of amides is 1. The Morgan fingerprint density at radius 2 is 1.76 bits per heavy atom. The van der Waals surface area contributed by atoms with E-state index in [1.165, 1.54) is 0 Å². The largest absolute Gasteiger partial charge is 0.450 e. The second-order valence-electron chi connectivity index (χ2n) is 7.14. The van der Waals surface area contributed by atoms with Crippen LogP contribution >= 0.6 is 0 Å². The fraction of sp³-hybridized carbons (Fsp3) is 0.174. The molecule has 5 rings (SSSR count). The van der Waals surface area contributed by atoms with Crippen LogP contribution < -0.4 is 5.43 Å². The van der Waals surface area contributed by atoms with Crippen LogP contribution in [0.3, 0.4) is 0 Å². The van der Waals surface area contributed by atoms with E-state index in [9.17, 15) is 9.59 Å². The number of benzene rings is 2. The summed E-state index contributed by atoms with van der Waals surface area (Å²) < 4.78 is 7.90. The number of carbonyl (C=O) groups is 1. The Morgan fingerprint density at radius 3 is 2.55 bits per heavy atom. The fourth-order valence-corrected chi connectivity index (χ4v) is 4.02. The monoisotopic (exact) mass is 385 g/mol. The number of fused-ring (bicyclic) bond motifs is 2. The van der Waals surface area contributed by atoms with Crippen LogP contribution in [0.1, 0.15) is 34.1 Å². The van der Waals surface area contributed by atoms with Crippen molar-refractivity contribution in [3.63, 3.8) is 0 Å². The van der Waals surface area contributed by atoms with E-state index >= 15 is 0 Å². The molecule has 29 heavy (non-hydrogen) atoms. The highest BCUT2D eigenvalue weighted by molar-refractivity contribution is 5.99. The van der Waals surface area contributed by atoms with Gasteiger partial charge in [-0.15, -0.1) is 0 Å². The minimum Gasteiger partial charge on any atom is -0.450 e. The van der Waals surface area contributed by atoms with Gasteiger partial charge in [-0.25, -0.2) is 4.98 Å². The number of imidazole rings is 1. The highest BCUT2D eigenvalue weighted by atomic mass is 16.3. The Labute approximate surface area is 167 Å². The number of carbonyl (C=O) groups excluding carboxylic acids is 1. The van der Waals surface area contributed by atoms with Gasteiger partial charge >= 0.3 is 0 Å². The van der Waals surface area contributed by atoms with Gasteiger partial charge in [-0.2, -0.15) is 0 Å². The van der Waals surface area contributed by atoms with Crippen LogP contribution in [0.5, 0.6) is 0 Å². The Hall–Kier alpha value is -3.67. The molecule has 0 saturated carbocycles. The molecule has 0 radical (unpaired) electrons. The summed E-state index contributed by atoms with van der Waals surface area (Å²) in [5.74, 6) is -0.0764. The quantitative estimate of drug-likeness (QED) is 0.526. The van der Waals surface area contributed by atoms with E-state index in [4.69, 9.17) is 4.42 Å². The summed E-state index contributed by atoms with van der Waals surface area (Å²) in [6.45, 7) is 1.25. The van der Waals surface area contributed by atoms with Crippen LogP contribution in [0, 0.1) is 0 Å². The molecule has 1 aliphatic rings. The molecule has 2 aromatic heterocycles. The van der Waals surface area contributed by atoms with E-state index in [1.54, 1.807) is 35.6 Å². The SMILES string of the molecule is O=C1c2oc3ccccc3c(=O)c2[C@@H](c2ccccc2)N1CCCn1ccnc1. The summed E-state index contributed by atoms with van der Waals surface area (Å²) in [5, 5.41) is 0.500. The van der Waals surface area contributed by atoms with Crippen molar-refractivity contribution in [2.45, 2.75) is 19.0 Å². The van der Waals surface area contributed by atoms with Gasteiger partial charge in [-0.1, -0.05) is 42.5 Å². The lowest BCUT2D eigenvalue weighted by atomic mass is 9.98. The van der Waals surface area contributed by atoms with E-state index in [1.807, 2.05) is 47.2 Å². The van der Waals surface area contributed by atoms with Gasteiger partial charge in [-0.3, -0.25) is 9.59 Å². The molecule has 2 aromatic carbocycles. The third-order valence-electron chi connectivity index (χ3n) is 5.36. The standard InChI is InChI=1S/C23H19N3O3/c27-21-17-9-4-5-10-18(17)29-22-19(21)20(16-7-2-1-3-8-16)26(23(22)28)13-6-12-25-14-11-24-15-25/h1-5,7-11,14-15,20H,6,12-13H2/t20-/m1/s1. The fourth-order valence-electron chi connectivity index (χ4n) is 4.02. The molecule has 0 spiro atoms. The first-order chi connectivity index (χ1) is 14.2. The highest BCUT2D eigenvalue weighted by Gasteiger charge is 2.42. The van der Waals surface area contributed by atoms with Gasteiger partial charge in [0, 0.05) is 25.5 Å². The van der Waals surface area contributed by atoms with Crippen molar-refractivity contribution in [1.82, 2.24) is 14.5 Å². The van der Waals surface area contributed by atoms with Crippen molar-refractivity contribution < 1.29 is 9.21 Å². The Morgan fingerprint density at radius 1 is 0.966 bits per heavy atom. The molecular weight excluding hydrogens is 366 g/mol. The Kier molecular flexibility index (Phi) is 4.24. The molecule has 1 aliphatic heterocycles. The number of hydrogen-bond donors (Lipinski definition) is 0. The molecule has 1 amide bonds. The summed E-state index contributed by atoms with van der Waals surface area (Å²) in [6, 6.07) is 16.3. The van der Waals surface area contributed by atoms with Gasteiger partial charge < -0.3 is 13.9 Å². The second kappa shape index (κ2) is 7.05. The molecule has 0 bridgehead atoms. The minimum atomic E-state index is -0.442. The number of nitrogens with zero attached hydrogens (tertiary/aromatic N) is 3. The number of aromatic nitrogens is 2. The van der Waals surface area contributed by atoms with Gasteiger partial charge in [-0.05, 0) is 24.1 Å². The van der Waals surface area contributed by atoms with E-state index in [2.05, 4.69) is 4.98 Å². The predicted octanol–water partition coefficient (Wildman–Crippen LogP) is 3.63. The van der Waals surface area contributed by atoms with E-state index in [0.717, 1.165) is 18.5 Å². The van der Waals surface area contributed by atoms with Gasteiger partial charge in [0.15, 0.2) is 5.43 Å². The van der Waals surface area contributed by atoms with Crippen LogP contribution in [0.2, 0.25) is 0 Å². The van der Waals surface area contributed by atoms with Crippen molar-refractivity contribution in [2.75, 3.05) is 6.54 Å². The molecule has 0 N–H and O–H groups in total. The maximum Gasteiger partial charge on any atom is 0.290 e. The van der Waals surface area contributed by atoms with E-state index < -0.39 is 6.04 Å². The van der Waals surface area contributed by atoms with E-state index in [-0.39, 0.29) is 17.1 Å². The maximum absolute atomic E-state index is 13.3. The van der Waals surface area contributed by atoms with Crippen LogP contribution in [0.15, 0.2) is 82.5 Å². The summed E-state index contributed by atoms with van der Waals surface area (Å²) in [6.07, 6.45) is 6.13. The lowest BCUT2D eigenvalue weighted by molar-refractivity contribution is 0.0723. The Bertz CT molecular complexity index is 1230. The molecule has 144 valence electrons. The van der Waals surface area contributed by atoms with Gasteiger partial charge in [0.1, 0.15) is 5.58 Å². The zero-order chi connectivity index (χ0) is 19.8. The summed E-state index contributed by atoms with van der Waals surface area (Å²) >= 11 is 0. The molecule has 3 heterocycles. The zero-order valence-electron chi connectivity index (χ0n) is 15.7. The van der Waals surface area contributed by atoms with Crippen LogP contribution in [0.25, 0.3) is 11.0 Å². The molecular formula is C23H19N3O3. The second-order valence-corrected chi connectivity index (χ2v) is 7.14. The average Bonchev–Trinajstić information content (AvgIpc) is 3.37. The molecule has 1 atom stereocenters. The molecule has 0 saturated heterocycles. The third kappa shape index (κ3) is 2.93. The van der Waals surface area contributed by atoms with Crippen LogP contribution in [-0.4, -0.2) is 26.9 Å². The highest BCUT2D eigenvalue weighted by Crippen LogP contribution is 2.38. The lowest BCUT2D eigenvalue weighted by Gasteiger charge is -2.25. The first-order valence-corrected chi connectivity index (χ1v) is 9.61. The van der Waals surface area contributed by atoms with Gasteiger partial charge in [0.25, 0.3) is 5.91 Å². The molecule has 0 unspecified atom stereocenters. The van der Waals surface area contributed by atoms with Crippen molar-refractivity contribution in [2.24, 2.45) is 0 Å². The third-order valence-corrected chi connectivity index (χ3v) is 5.36. The molecule has 0 fully saturated rings. The van der Waals surface area contributed by atoms with Crippen molar-refractivity contribution in [3.05, 3.63) is 100 Å². The topological polar surface area (TPSA) is 68.3 Å². The molecule has 6 heteroatoms. The van der Waals surface area contributed by atoms with Crippen molar-refractivity contribution in [3.8, 4) is 0 Å². The number of para-hydroxylation sites is 1. The van der Waals surface area contributed by atoms with Crippen LogP contribution in [-0.2, 0) is 6.54 Å². The van der Waals surface area contributed by atoms with Crippen molar-refractivity contribution >= 4 is 16.9 Å². The minimum absolute atomic E-state index is 0.138. The first-order valence-electron chi connectivity index (χ1n) is 9.61. The summed E-state index contributed by atoms with van der Waals surface area (Å²) in [4.78, 5) is 32.3. The summed E-state index contributed by atoms with van der Waals surface area (Å²) in [5.41, 5.74) is 1.64. The van der Waals surface area contributed by atoms with Crippen molar-refractivity contribution in [1.29, 1.82) is 0 Å². The van der Waals surface area contributed by atoms with E-state index in [0.29, 0.717) is 23.1 Å². The smallest absolute Gasteiger partial charge is 0.290 e. The first kappa shape index (κ1) is 17.4. The normalized spacial score (nSPS) is 15.8.